The van der Waals surface area contributed by atoms with Crippen molar-refractivity contribution in [1.82, 2.24) is 31.1 Å². The number of aryl methyl sites for hydroxylation is 1. The third kappa shape index (κ3) is 20.0. The molecule has 1 saturated heterocycles. The van der Waals surface area contributed by atoms with Crippen LogP contribution in [0.5, 0.6) is 0 Å². The summed E-state index contributed by atoms with van der Waals surface area (Å²) in [6.45, 7) is 11.2. The normalized spacial score (nSPS) is 14.5. The van der Waals surface area contributed by atoms with Crippen molar-refractivity contribution in [3.05, 3.63) is 71.8 Å². The van der Waals surface area contributed by atoms with E-state index < -0.39 is 53.2 Å². The number of morpholine rings is 1. The molecule has 1 heterocycles. The molecular formula is C46H68N6O10. The number of esters is 1. The Morgan fingerprint density at radius 3 is 1.95 bits per heavy atom. The number of aliphatic carboxylic acids is 1. The van der Waals surface area contributed by atoms with Gasteiger partial charge in [-0.15, -0.1) is 0 Å². The van der Waals surface area contributed by atoms with Gasteiger partial charge in [0.25, 0.3) is 0 Å². The van der Waals surface area contributed by atoms with Crippen molar-refractivity contribution in [2.24, 2.45) is 11.3 Å². The quantitative estimate of drug-likeness (QED) is 0.0527. The summed E-state index contributed by atoms with van der Waals surface area (Å²) < 4.78 is 11.0. The van der Waals surface area contributed by atoms with E-state index in [0.29, 0.717) is 58.4 Å². The van der Waals surface area contributed by atoms with E-state index in [9.17, 15) is 38.7 Å². The fourth-order valence-electron chi connectivity index (χ4n) is 6.69. The number of rotatable bonds is 26. The summed E-state index contributed by atoms with van der Waals surface area (Å²) in [6.07, 6.45) is 2.44. The predicted octanol–water partition coefficient (Wildman–Crippen LogP) is 3.22. The number of hydrogen-bond acceptors (Lipinski definition) is 10. The summed E-state index contributed by atoms with van der Waals surface area (Å²) >= 11 is 0. The third-order valence-electron chi connectivity index (χ3n) is 10.2. The lowest BCUT2D eigenvalue weighted by molar-refractivity contribution is -0.162. The number of benzene rings is 2. The molecule has 0 spiro atoms. The zero-order valence-electron chi connectivity index (χ0n) is 37.1. The summed E-state index contributed by atoms with van der Waals surface area (Å²) in [4.78, 5) is 94.4. The van der Waals surface area contributed by atoms with Gasteiger partial charge >= 0.3 is 11.9 Å². The van der Waals surface area contributed by atoms with Crippen molar-refractivity contribution < 1.29 is 48.1 Å². The second kappa shape index (κ2) is 26.9. The van der Waals surface area contributed by atoms with Gasteiger partial charge in [-0.2, -0.15) is 0 Å². The van der Waals surface area contributed by atoms with Gasteiger partial charge in [0.05, 0.1) is 25.2 Å². The topological polar surface area (TPSA) is 213 Å². The van der Waals surface area contributed by atoms with Crippen LogP contribution in [0.1, 0.15) is 90.7 Å². The summed E-state index contributed by atoms with van der Waals surface area (Å²) in [5, 5.41) is 20.8. The van der Waals surface area contributed by atoms with Gasteiger partial charge in [0.15, 0.2) is 6.73 Å². The van der Waals surface area contributed by atoms with E-state index in [1.54, 1.807) is 45.0 Å². The summed E-state index contributed by atoms with van der Waals surface area (Å²) in [7, 11) is 0. The molecule has 1 fully saturated rings. The van der Waals surface area contributed by atoms with E-state index in [1.165, 1.54) is 4.90 Å². The molecule has 0 radical (unpaired) electrons. The Hall–Kier alpha value is -5.35. The first-order valence-electron chi connectivity index (χ1n) is 21.7. The van der Waals surface area contributed by atoms with Crippen LogP contribution in [0.15, 0.2) is 60.7 Å². The molecule has 2 aromatic carbocycles. The minimum Gasteiger partial charge on any atom is -0.480 e. The fourth-order valence-corrected chi connectivity index (χ4v) is 6.69. The molecule has 16 nitrogen and oxygen atoms in total. The lowest BCUT2D eigenvalue weighted by Gasteiger charge is -2.30. The van der Waals surface area contributed by atoms with Crippen LogP contribution in [-0.2, 0) is 55.9 Å². The smallest absolute Gasteiger partial charge is 0.326 e. The average Bonchev–Trinajstić information content (AvgIpc) is 3.23. The molecule has 1 aliphatic heterocycles. The van der Waals surface area contributed by atoms with Gasteiger partial charge in [-0.05, 0) is 76.3 Å². The third-order valence-corrected chi connectivity index (χ3v) is 10.2. The first kappa shape index (κ1) is 51.0. The standard InChI is InChI=1S/C46H68N6O10/c1-33(2)29-37(42(56)47-23-13-12-19-39(53)50-38(44(58)59)30-35-17-10-7-11-18-35)49-40(54)20-14-24-52(32-62-45(60)46(3,4)5)43(57)36(22-21-34-15-8-6-9-16-34)48-41(55)31-51-25-27-61-28-26-51/h6-11,15-18,33,36-38H,12-14,19-32H2,1-5H3,(H,47,56)(H,48,55)(H,49,54)(H,50,53)(H,58,59)/t36-,37-,38-/m0/s1. The first-order valence-corrected chi connectivity index (χ1v) is 21.7. The Labute approximate surface area is 366 Å². The molecule has 0 aliphatic carbocycles. The van der Waals surface area contributed by atoms with Gasteiger partial charge in [-0.3, -0.25) is 33.7 Å². The van der Waals surface area contributed by atoms with Crippen LogP contribution >= 0.6 is 0 Å². The van der Waals surface area contributed by atoms with Crippen molar-refractivity contribution in [3.63, 3.8) is 0 Å². The maximum Gasteiger partial charge on any atom is 0.326 e. The number of amides is 5. The Bertz CT molecular complexity index is 1730. The van der Waals surface area contributed by atoms with Crippen molar-refractivity contribution in [3.8, 4) is 0 Å². The van der Waals surface area contributed by atoms with Crippen molar-refractivity contribution in [2.75, 3.05) is 52.7 Å². The molecule has 0 unspecified atom stereocenters. The molecule has 2 aromatic rings. The molecular weight excluding hydrogens is 797 g/mol. The minimum atomic E-state index is -1.12. The van der Waals surface area contributed by atoms with Crippen LogP contribution in [0.25, 0.3) is 0 Å². The Morgan fingerprint density at radius 1 is 0.774 bits per heavy atom. The van der Waals surface area contributed by atoms with Crippen LogP contribution < -0.4 is 21.3 Å². The SMILES string of the molecule is CC(C)C[C@H](NC(=O)CCCN(COC(=O)C(C)(C)C)C(=O)[C@H](CCc1ccccc1)NC(=O)CN1CCOCC1)C(=O)NCCCCC(=O)N[C@@H](Cc1ccccc1)C(=O)O. The van der Waals surface area contributed by atoms with Crippen LogP contribution in [0.3, 0.4) is 0 Å². The highest BCUT2D eigenvalue weighted by Crippen LogP contribution is 2.17. The maximum atomic E-state index is 14.2. The summed E-state index contributed by atoms with van der Waals surface area (Å²) in [5.74, 6) is -3.48. The Kier molecular flexibility index (Phi) is 22.1. The maximum absolute atomic E-state index is 14.2. The van der Waals surface area contributed by atoms with E-state index in [4.69, 9.17) is 9.47 Å². The molecule has 3 atom stereocenters. The highest BCUT2D eigenvalue weighted by molar-refractivity contribution is 5.89. The molecule has 342 valence electrons. The fraction of sp³-hybridized carbons (Fsp3) is 0.587. The Morgan fingerprint density at radius 2 is 1.35 bits per heavy atom. The lowest BCUT2D eigenvalue weighted by Crippen LogP contribution is -2.53. The van der Waals surface area contributed by atoms with Gasteiger partial charge in [0.1, 0.15) is 18.1 Å². The van der Waals surface area contributed by atoms with E-state index in [1.807, 2.05) is 55.1 Å². The van der Waals surface area contributed by atoms with E-state index in [0.717, 1.165) is 11.1 Å². The number of ether oxygens (including phenoxy) is 2. The highest BCUT2D eigenvalue weighted by Gasteiger charge is 2.30. The predicted molar refractivity (Wildman–Crippen MR) is 233 cm³/mol. The summed E-state index contributed by atoms with van der Waals surface area (Å²) in [5.41, 5.74) is 0.953. The number of carboxylic acids is 1. The number of unbranched alkanes of at least 4 members (excludes halogenated alkanes) is 1. The van der Waals surface area contributed by atoms with Crippen LogP contribution in [0, 0.1) is 11.3 Å². The van der Waals surface area contributed by atoms with Crippen molar-refractivity contribution in [1.29, 1.82) is 0 Å². The largest absolute Gasteiger partial charge is 0.480 e. The van der Waals surface area contributed by atoms with Crippen LogP contribution in [0.2, 0.25) is 0 Å². The highest BCUT2D eigenvalue weighted by atomic mass is 16.5. The first-order chi connectivity index (χ1) is 29.5. The number of carboxylic acid groups (broad SMARTS) is 1. The van der Waals surface area contributed by atoms with Crippen LogP contribution in [0.4, 0.5) is 0 Å². The molecule has 5 N–H and O–H groups in total. The average molecular weight is 865 g/mol. The van der Waals surface area contributed by atoms with Gasteiger partial charge < -0.3 is 40.7 Å². The number of carbonyl (C=O) groups is 7. The van der Waals surface area contributed by atoms with Crippen molar-refractivity contribution >= 4 is 41.5 Å². The van der Waals surface area contributed by atoms with Gasteiger partial charge in [-0.25, -0.2) is 4.79 Å². The summed E-state index contributed by atoms with van der Waals surface area (Å²) in [6, 6.07) is 15.8. The molecule has 0 bridgehead atoms. The monoisotopic (exact) mass is 864 g/mol. The number of nitrogens with zero attached hydrogens (tertiary/aromatic N) is 2. The van der Waals surface area contributed by atoms with Gasteiger partial charge in [-0.1, -0.05) is 74.5 Å². The number of nitrogens with one attached hydrogen (secondary N) is 4. The molecule has 62 heavy (non-hydrogen) atoms. The molecule has 16 heteroatoms. The lowest BCUT2D eigenvalue weighted by atomic mass is 9.97. The van der Waals surface area contributed by atoms with E-state index >= 15 is 0 Å². The molecule has 1 aliphatic rings. The van der Waals surface area contributed by atoms with Gasteiger partial charge in [0, 0.05) is 45.4 Å². The zero-order chi connectivity index (χ0) is 45.5. The van der Waals surface area contributed by atoms with E-state index in [2.05, 4.69) is 21.3 Å². The number of hydrogen-bond donors (Lipinski definition) is 5. The minimum absolute atomic E-state index is 0.0341. The van der Waals surface area contributed by atoms with Crippen LogP contribution in [-0.4, -0.2) is 127 Å². The molecule has 5 amide bonds. The van der Waals surface area contributed by atoms with E-state index in [-0.39, 0.29) is 69.8 Å². The molecule has 0 aromatic heterocycles. The number of carbonyl (C=O) groups excluding carboxylic acids is 6. The second-order valence-corrected chi connectivity index (χ2v) is 17.2. The Balaban J connectivity index is 1.57. The molecule has 3 rings (SSSR count). The van der Waals surface area contributed by atoms with Crippen molar-refractivity contribution in [2.45, 2.75) is 111 Å². The second-order valence-electron chi connectivity index (χ2n) is 17.2. The molecule has 0 saturated carbocycles. The zero-order valence-corrected chi connectivity index (χ0v) is 37.1. The van der Waals surface area contributed by atoms with Gasteiger partial charge in [0.2, 0.25) is 29.5 Å².